The number of alkyl halides is 3. The van der Waals surface area contributed by atoms with Gasteiger partial charge in [0.2, 0.25) is 0 Å². The number of nitrogens with zero attached hydrogens (tertiary/aromatic N) is 2. The third-order valence-electron chi connectivity index (χ3n) is 3.37. The molecule has 0 bridgehead atoms. The van der Waals surface area contributed by atoms with Crippen molar-refractivity contribution in [2.24, 2.45) is 5.41 Å². The molecule has 0 aliphatic heterocycles. The largest absolute Gasteiger partial charge is 0.466 e. The van der Waals surface area contributed by atoms with Crippen molar-refractivity contribution in [2.75, 3.05) is 6.61 Å². The summed E-state index contributed by atoms with van der Waals surface area (Å²) in [4.78, 5) is 23.2. The topological polar surface area (TPSA) is 61.2 Å². The standard InChI is InChI=1S/C14H18F4N2O3S/c1-4-23-12(22)13(2,3)7-5-6-9-8-10(14(15,16)17)11(21)20(19-9)24-18/h8H,4-7H2,1-3H3. The van der Waals surface area contributed by atoms with Crippen molar-refractivity contribution >= 4 is 18.3 Å². The summed E-state index contributed by atoms with van der Waals surface area (Å²) < 4.78 is 56.1. The van der Waals surface area contributed by atoms with Crippen molar-refractivity contribution in [3.63, 3.8) is 0 Å². The van der Waals surface area contributed by atoms with Gasteiger partial charge in [0.1, 0.15) is 5.56 Å². The average molecular weight is 370 g/mol. The fraction of sp³-hybridized carbons (Fsp3) is 0.643. The maximum absolute atomic E-state index is 12.8. The zero-order valence-corrected chi connectivity index (χ0v) is 14.3. The molecule has 1 aromatic rings. The molecule has 1 heterocycles. The van der Waals surface area contributed by atoms with E-state index in [4.69, 9.17) is 4.74 Å². The lowest BCUT2D eigenvalue weighted by Gasteiger charge is -2.22. The summed E-state index contributed by atoms with van der Waals surface area (Å²) in [5.74, 6) is -0.404. The van der Waals surface area contributed by atoms with Crippen molar-refractivity contribution in [3.8, 4) is 0 Å². The van der Waals surface area contributed by atoms with E-state index < -0.39 is 41.0 Å². The van der Waals surface area contributed by atoms with Gasteiger partial charge in [-0.15, -0.1) is 7.97 Å². The summed E-state index contributed by atoms with van der Waals surface area (Å²) in [6, 6.07) is 0.617. The molecule has 0 aliphatic rings. The predicted molar refractivity (Wildman–Crippen MR) is 80.9 cm³/mol. The van der Waals surface area contributed by atoms with E-state index in [0.29, 0.717) is 18.9 Å². The monoisotopic (exact) mass is 370 g/mol. The van der Waals surface area contributed by atoms with Crippen LogP contribution in [-0.2, 0) is 22.1 Å². The number of ether oxygens (including phenoxy) is 1. The fourth-order valence-electron chi connectivity index (χ4n) is 2.03. The van der Waals surface area contributed by atoms with Crippen molar-refractivity contribution in [3.05, 3.63) is 27.7 Å². The van der Waals surface area contributed by atoms with Gasteiger partial charge in [-0.1, -0.05) is 0 Å². The van der Waals surface area contributed by atoms with Gasteiger partial charge in [0, 0.05) is 0 Å². The Bertz CT molecular complexity index is 644. The van der Waals surface area contributed by atoms with Gasteiger partial charge in [-0.25, -0.2) is 0 Å². The summed E-state index contributed by atoms with van der Waals surface area (Å²) >= 11 is -0.691. The summed E-state index contributed by atoms with van der Waals surface area (Å²) in [6.07, 6.45) is -4.16. The zero-order chi connectivity index (χ0) is 18.5. The molecule has 5 nitrogen and oxygen atoms in total. The molecular weight excluding hydrogens is 352 g/mol. The van der Waals surface area contributed by atoms with E-state index in [1.807, 2.05) is 0 Å². The first-order chi connectivity index (χ1) is 11.0. The first kappa shape index (κ1) is 20.5. The Morgan fingerprint density at radius 1 is 1.38 bits per heavy atom. The van der Waals surface area contributed by atoms with E-state index in [1.54, 1.807) is 20.8 Å². The molecule has 136 valence electrons. The van der Waals surface area contributed by atoms with Crippen LogP contribution in [0.2, 0.25) is 0 Å². The average Bonchev–Trinajstić information content (AvgIpc) is 2.47. The Labute approximate surface area is 140 Å². The van der Waals surface area contributed by atoms with Gasteiger partial charge in [-0.3, -0.25) is 9.59 Å². The van der Waals surface area contributed by atoms with Gasteiger partial charge in [0.15, 0.2) is 12.3 Å². The minimum absolute atomic E-state index is 0.0623. The second-order valence-corrected chi connectivity index (χ2v) is 6.24. The number of carbonyl (C=O) groups is 1. The van der Waals surface area contributed by atoms with Crippen LogP contribution in [0.5, 0.6) is 0 Å². The van der Waals surface area contributed by atoms with Crippen LogP contribution in [0.25, 0.3) is 0 Å². The Balaban J connectivity index is 2.89. The minimum atomic E-state index is -4.89. The number of aryl methyl sites for hydroxylation is 1. The lowest BCUT2D eigenvalue weighted by atomic mass is 9.87. The smallest absolute Gasteiger partial charge is 0.421 e. The number of hydrogen-bond acceptors (Lipinski definition) is 5. The van der Waals surface area contributed by atoms with Crippen LogP contribution < -0.4 is 5.56 Å². The molecule has 0 radical (unpaired) electrons. The minimum Gasteiger partial charge on any atom is -0.466 e. The highest BCUT2D eigenvalue weighted by molar-refractivity contribution is 7.92. The van der Waals surface area contributed by atoms with Gasteiger partial charge in [0.25, 0.3) is 5.56 Å². The van der Waals surface area contributed by atoms with Crippen molar-refractivity contribution < 1.29 is 26.6 Å². The van der Waals surface area contributed by atoms with Crippen molar-refractivity contribution in [1.29, 1.82) is 0 Å². The highest BCUT2D eigenvalue weighted by Gasteiger charge is 2.36. The lowest BCUT2D eigenvalue weighted by molar-refractivity contribution is -0.153. The highest BCUT2D eigenvalue weighted by atomic mass is 32.2. The van der Waals surface area contributed by atoms with E-state index in [1.165, 1.54) is 0 Å². The summed E-state index contributed by atoms with van der Waals surface area (Å²) in [7, 11) is 0. The molecular formula is C14H18F4N2O3S. The quantitative estimate of drug-likeness (QED) is 0.543. The molecule has 0 saturated carbocycles. The Hall–Kier alpha value is -1.58. The van der Waals surface area contributed by atoms with Gasteiger partial charge >= 0.3 is 12.1 Å². The molecule has 0 aromatic carbocycles. The van der Waals surface area contributed by atoms with E-state index in [2.05, 4.69) is 5.10 Å². The molecule has 0 amide bonds. The van der Waals surface area contributed by atoms with Crippen molar-refractivity contribution in [1.82, 2.24) is 9.19 Å². The summed E-state index contributed by atoms with van der Waals surface area (Å²) in [6.45, 7) is 5.24. The summed E-state index contributed by atoms with van der Waals surface area (Å²) in [5.41, 5.74) is -3.90. The third-order valence-corrected chi connectivity index (χ3v) is 3.75. The molecule has 0 aliphatic carbocycles. The summed E-state index contributed by atoms with van der Waals surface area (Å²) in [5, 5.41) is 3.54. The Morgan fingerprint density at radius 2 is 2.00 bits per heavy atom. The molecule has 24 heavy (non-hydrogen) atoms. The van der Waals surface area contributed by atoms with Crippen LogP contribution in [0.3, 0.4) is 0 Å². The van der Waals surface area contributed by atoms with Gasteiger partial charge < -0.3 is 4.74 Å². The first-order valence-electron chi connectivity index (χ1n) is 7.19. The van der Waals surface area contributed by atoms with Gasteiger partial charge in [-0.05, 0) is 46.1 Å². The predicted octanol–water partition coefficient (Wildman–Crippen LogP) is 3.55. The SMILES string of the molecule is CCOC(=O)C(C)(C)CCCc1cc(C(F)(F)F)c(=O)n(SF)n1. The molecule has 0 N–H and O–H groups in total. The zero-order valence-electron chi connectivity index (χ0n) is 13.4. The number of esters is 1. The molecule has 10 heteroatoms. The number of halogens is 4. The Morgan fingerprint density at radius 3 is 2.50 bits per heavy atom. The molecule has 0 spiro atoms. The maximum atomic E-state index is 12.8. The van der Waals surface area contributed by atoms with Crippen LogP contribution in [0.4, 0.5) is 17.1 Å². The van der Waals surface area contributed by atoms with E-state index in [9.17, 15) is 26.6 Å². The normalized spacial score (nSPS) is 12.3. The van der Waals surface area contributed by atoms with Crippen molar-refractivity contribution in [2.45, 2.75) is 46.2 Å². The number of rotatable bonds is 7. The maximum Gasteiger partial charge on any atom is 0.421 e. The van der Waals surface area contributed by atoms with Crippen LogP contribution >= 0.6 is 12.3 Å². The van der Waals surface area contributed by atoms with E-state index >= 15 is 0 Å². The van der Waals surface area contributed by atoms with Crippen LogP contribution in [-0.4, -0.2) is 21.8 Å². The molecule has 0 atom stereocenters. The number of carbonyl (C=O) groups excluding carboxylic acids is 1. The lowest BCUT2D eigenvalue weighted by Crippen LogP contribution is -2.29. The molecule has 0 fully saturated rings. The van der Waals surface area contributed by atoms with E-state index in [-0.39, 0.29) is 22.8 Å². The van der Waals surface area contributed by atoms with Gasteiger partial charge in [-0.2, -0.15) is 18.3 Å². The first-order valence-corrected chi connectivity index (χ1v) is 7.87. The van der Waals surface area contributed by atoms with Crippen LogP contribution in [0.15, 0.2) is 10.9 Å². The Kier molecular flexibility index (Phi) is 6.82. The van der Waals surface area contributed by atoms with Gasteiger partial charge in [0.05, 0.1) is 17.7 Å². The highest BCUT2D eigenvalue weighted by Crippen LogP contribution is 2.28. The number of hydrogen-bond donors (Lipinski definition) is 0. The van der Waals surface area contributed by atoms with Crippen LogP contribution in [0.1, 0.15) is 44.9 Å². The number of aromatic nitrogens is 2. The second-order valence-electron chi connectivity index (χ2n) is 5.75. The third kappa shape index (κ3) is 5.22. The van der Waals surface area contributed by atoms with E-state index in [0.717, 1.165) is 0 Å². The van der Waals surface area contributed by atoms with Crippen LogP contribution in [0, 0.1) is 5.41 Å². The molecule has 1 aromatic heterocycles. The second kappa shape index (κ2) is 8.00. The molecule has 0 unspecified atom stereocenters. The fourth-order valence-corrected chi connectivity index (χ4v) is 2.33. The molecule has 1 rings (SSSR count). The molecule has 0 saturated heterocycles.